The fraction of sp³-hybridized carbons (Fsp3) is 0.222. The number of thiazole rings is 1. The van der Waals surface area contributed by atoms with Crippen LogP contribution < -0.4 is 10.1 Å². The topological polar surface area (TPSA) is 85.4 Å². The van der Waals surface area contributed by atoms with Gasteiger partial charge in [-0.15, -0.1) is 0 Å². The van der Waals surface area contributed by atoms with E-state index in [0.29, 0.717) is 27.7 Å². The lowest BCUT2D eigenvalue weighted by Gasteiger charge is -2.10. The van der Waals surface area contributed by atoms with Crippen molar-refractivity contribution in [1.82, 2.24) is 4.98 Å². The number of hydrogen-bond acceptors (Lipinski definition) is 6. The van der Waals surface area contributed by atoms with Crippen LogP contribution in [0.25, 0.3) is 10.2 Å². The number of amides is 1. The van der Waals surface area contributed by atoms with Crippen LogP contribution >= 0.6 is 34.5 Å². The minimum atomic E-state index is -3.32. The quantitative estimate of drug-likeness (QED) is 0.558. The lowest BCUT2D eigenvalue weighted by atomic mass is 10.2. The number of halogens is 2. The summed E-state index contributed by atoms with van der Waals surface area (Å²) in [6, 6.07) is 7.57. The largest absolute Gasteiger partial charge is 0.490 e. The molecule has 1 aromatic heterocycles. The summed E-state index contributed by atoms with van der Waals surface area (Å²) in [5, 5.41) is 3.51. The number of ether oxygens (including phenoxy) is 1. The van der Waals surface area contributed by atoms with Gasteiger partial charge in [0.1, 0.15) is 0 Å². The summed E-state index contributed by atoms with van der Waals surface area (Å²) < 4.78 is 29.5. The smallest absolute Gasteiger partial charge is 0.257 e. The summed E-state index contributed by atoms with van der Waals surface area (Å²) in [6.07, 6.45) is 1.94. The number of nitrogens with one attached hydrogen (secondary N) is 1. The first kappa shape index (κ1) is 20.9. The third kappa shape index (κ3) is 4.57. The maximum Gasteiger partial charge on any atom is 0.257 e. The molecule has 6 nitrogen and oxygen atoms in total. The highest BCUT2D eigenvalue weighted by Gasteiger charge is 2.16. The van der Waals surface area contributed by atoms with Crippen molar-refractivity contribution in [3.63, 3.8) is 0 Å². The summed E-state index contributed by atoms with van der Waals surface area (Å²) in [7, 11) is -3.32. The standard InChI is InChI=1S/C18H16Cl2N2O4S2/c1-3-6-26-16-12(19)7-10(8-13(16)20)17(23)22-18-21-14-5-4-11(28(2,24)25)9-15(14)27-18/h4-5,7-9H,3,6H2,1-2H3,(H,21,22,23). The number of carbonyl (C=O) groups excluding carboxylic acids is 1. The van der Waals surface area contributed by atoms with Crippen LogP contribution in [0.2, 0.25) is 10.0 Å². The molecule has 0 saturated heterocycles. The van der Waals surface area contributed by atoms with E-state index < -0.39 is 15.7 Å². The lowest BCUT2D eigenvalue weighted by Crippen LogP contribution is -2.12. The van der Waals surface area contributed by atoms with Gasteiger partial charge in [-0.1, -0.05) is 41.5 Å². The van der Waals surface area contributed by atoms with Crippen molar-refractivity contribution >= 4 is 65.6 Å². The van der Waals surface area contributed by atoms with Crippen molar-refractivity contribution in [1.29, 1.82) is 0 Å². The van der Waals surface area contributed by atoms with Crippen LogP contribution in [-0.4, -0.2) is 32.2 Å². The van der Waals surface area contributed by atoms with Crippen molar-refractivity contribution in [2.75, 3.05) is 18.2 Å². The molecule has 0 atom stereocenters. The molecule has 28 heavy (non-hydrogen) atoms. The SMILES string of the molecule is CCCOc1c(Cl)cc(C(=O)Nc2nc3ccc(S(C)(=O)=O)cc3s2)cc1Cl. The van der Waals surface area contributed by atoms with E-state index in [4.69, 9.17) is 27.9 Å². The molecule has 148 valence electrons. The van der Waals surface area contributed by atoms with Gasteiger partial charge in [0.2, 0.25) is 0 Å². The van der Waals surface area contributed by atoms with Crippen molar-refractivity contribution < 1.29 is 17.9 Å². The normalized spacial score (nSPS) is 11.6. The van der Waals surface area contributed by atoms with Gasteiger partial charge in [0.05, 0.1) is 31.8 Å². The molecule has 1 amide bonds. The van der Waals surface area contributed by atoms with Crippen molar-refractivity contribution in [2.24, 2.45) is 0 Å². The van der Waals surface area contributed by atoms with Crippen LogP contribution in [0.1, 0.15) is 23.7 Å². The minimum absolute atomic E-state index is 0.197. The number of rotatable bonds is 6. The third-order valence-corrected chi connectivity index (χ3v) is 6.32. The van der Waals surface area contributed by atoms with E-state index in [1.807, 2.05) is 6.92 Å². The maximum atomic E-state index is 12.5. The Balaban J connectivity index is 1.84. The predicted molar refractivity (Wildman–Crippen MR) is 113 cm³/mol. The first-order valence-corrected chi connectivity index (χ1v) is 11.7. The summed E-state index contributed by atoms with van der Waals surface area (Å²) in [6.45, 7) is 2.42. The number of benzene rings is 2. The van der Waals surface area contributed by atoms with E-state index in [1.54, 1.807) is 6.07 Å². The molecule has 0 saturated carbocycles. The average molecular weight is 459 g/mol. The second-order valence-electron chi connectivity index (χ2n) is 5.99. The maximum absolute atomic E-state index is 12.5. The zero-order valence-electron chi connectivity index (χ0n) is 15.0. The van der Waals surface area contributed by atoms with Crippen molar-refractivity contribution in [2.45, 2.75) is 18.2 Å². The average Bonchev–Trinajstić information content (AvgIpc) is 3.01. The molecule has 3 rings (SSSR count). The van der Waals surface area contributed by atoms with E-state index in [9.17, 15) is 13.2 Å². The second-order valence-corrected chi connectivity index (χ2v) is 9.85. The van der Waals surface area contributed by atoms with E-state index in [1.165, 1.54) is 35.6 Å². The molecule has 10 heteroatoms. The Morgan fingerprint density at radius 2 is 1.89 bits per heavy atom. The molecule has 0 aliphatic heterocycles. The third-order valence-electron chi connectivity index (χ3n) is 3.72. The van der Waals surface area contributed by atoms with Crippen LogP contribution in [0.5, 0.6) is 5.75 Å². The Kier molecular flexibility index (Phi) is 6.14. The van der Waals surface area contributed by atoms with E-state index in [-0.39, 0.29) is 20.5 Å². The number of sulfone groups is 1. The summed E-state index contributed by atoms with van der Waals surface area (Å²) >= 11 is 13.5. The Labute approximate surface area is 176 Å². The van der Waals surface area contributed by atoms with Gasteiger partial charge < -0.3 is 4.74 Å². The van der Waals surface area contributed by atoms with E-state index in [2.05, 4.69) is 10.3 Å². The van der Waals surface area contributed by atoms with Gasteiger partial charge in [-0.05, 0) is 36.8 Å². The van der Waals surface area contributed by atoms with E-state index in [0.717, 1.165) is 12.7 Å². The molecular weight excluding hydrogens is 443 g/mol. The van der Waals surface area contributed by atoms with Crippen LogP contribution in [-0.2, 0) is 9.84 Å². The van der Waals surface area contributed by atoms with Gasteiger partial charge in [-0.25, -0.2) is 13.4 Å². The number of anilines is 1. The highest BCUT2D eigenvalue weighted by molar-refractivity contribution is 7.90. The molecule has 0 aliphatic rings. The highest BCUT2D eigenvalue weighted by atomic mass is 35.5. The molecule has 0 aliphatic carbocycles. The monoisotopic (exact) mass is 458 g/mol. The first-order valence-electron chi connectivity index (χ1n) is 8.23. The van der Waals surface area contributed by atoms with Crippen LogP contribution in [0, 0.1) is 0 Å². The lowest BCUT2D eigenvalue weighted by molar-refractivity contribution is 0.102. The van der Waals surface area contributed by atoms with Gasteiger partial charge >= 0.3 is 0 Å². The molecule has 1 heterocycles. The summed E-state index contributed by atoms with van der Waals surface area (Å²) in [4.78, 5) is 17.1. The highest BCUT2D eigenvalue weighted by Crippen LogP contribution is 2.35. The van der Waals surface area contributed by atoms with Gasteiger partial charge in [0, 0.05) is 11.8 Å². The van der Waals surface area contributed by atoms with Crippen molar-refractivity contribution in [3.8, 4) is 5.75 Å². The number of nitrogens with zero attached hydrogens (tertiary/aromatic N) is 1. The van der Waals surface area contributed by atoms with Gasteiger partial charge in [-0.3, -0.25) is 10.1 Å². The Morgan fingerprint density at radius 1 is 1.21 bits per heavy atom. The molecule has 1 N–H and O–H groups in total. The fourth-order valence-corrected chi connectivity index (χ4v) is 4.61. The number of aromatic nitrogens is 1. The Hall–Kier alpha value is -1.87. The molecule has 0 spiro atoms. The minimum Gasteiger partial charge on any atom is -0.490 e. The number of carbonyl (C=O) groups is 1. The number of fused-ring (bicyclic) bond motifs is 1. The molecule has 0 bridgehead atoms. The fourth-order valence-electron chi connectivity index (χ4n) is 2.39. The first-order chi connectivity index (χ1) is 13.2. The Bertz CT molecular complexity index is 1140. The molecule has 2 aromatic carbocycles. The molecule has 3 aromatic rings. The predicted octanol–water partition coefficient (Wildman–Crippen LogP) is 5.05. The van der Waals surface area contributed by atoms with Crippen LogP contribution in [0.4, 0.5) is 5.13 Å². The van der Waals surface area contributed by atoms with E-state index >= 15 is 0 Å². The Morgan fingerprint density at radius 3 is 2.50 bits per heavy atom. The van der Waals surface area contributed by atoms with Crippen LogP contribution in [0.3, 0.4) is 0 Å². The molecule has 0 fully saturated rings. The molecule has 0 unspecified atom stereocenters. The summed E-state index contributed by atoms with van der Waals surface area (Å²) in [5.41, 5.74) is 0.849. The van der Waals surface area contributed by atoms with Gasteiger partial charge in [-0.2, -0.15) is 0 Å². The zero-order valence-corrected chi connectivity index (χ0v) is 18.1. The second kappa shape index (κ2) is 8.24. The van der Waals surface area contributed by atoms with Crippen LogP contribution in [0.15, 0.2) is 35.2 Å². The van der Waals surface area contributed by atoms with Crippen molar-refractivity contribution in [3.05, 3.63) is 45.9 Å². The van der Waals surface area contributed by atoms with Gasteiger partial charge in [0.15, 0.2) is 20.7 Å². The molecular formula is C18H16Cl2N2O4S2. The zero-order chi connectivity index (χ0) is 20.5. The number of hydrogen-bond donors (Lipinski definition) is 1. The van der Waals surface area contributed by atoms with Gasteiger partial charge in [0.25, 0.3) is 5.91 Å². The summed E-state index contributed by atoms with van der Waals surface area (Å²) in [5.74, 6) is -0.0942. The molecule has 0 radical (unpaired) electrons.